The van der Waals surface area contributed by atoms with Crippen molar-refractivity contribution in [1.82, 2.24) is 4.90 Å². The monoisotopic (exact) mass is 349 g/mol. The Morgan fingerprint density at radius 2 is 1.81 bits per heavy atom. The van der Waals surface area contributed by atoms with Crippen LogP contribution >= 0.6 is 0 Å². The molecule has 135 valence electrons. The van der Waals surface area contributed by atoms with Gasteiger partial charge >= 0.3 is 0 Å². The quantitative estimate of drug-likeness (QED) is 0.773. The highest BCUT2D eigenvalue weighted by molar-refractivity contribution is 5.83. The van der Waals surface area contributed by atoms with Crippen molar-refractivity contribution in [2.75, 3.05) is 35.6 Å². The Balaban J connectivity index is 1.23. The molecule has 1 radical (unpaired) electrons. The molecular weight excluding hydrogens is 324 g/mol. The Kier molecular flexibility index (Phi) is 4.95. The number of carbonyl (C=O) groups is 1. The van der Waals surface area contributed by atoms with Gasteiger partial charge in [0.1, 0.15) is 6.67 Å². The van der Waals surface area contributed by atoms with E-state index in [1.807, 2.05) is 23.1 Å². The average Bonchev–Trinajstić information content (AvgIpc) is 3.15. The van der Waals surface area contributed by atoms with Crippen LogP contribution in [0.2, 0.25) is 0 Å². The van der Waals surface area contributed by atoms with E-state index in [1.165, 1.54) is 5.56 Å². The summed E-state index contributed by atoms with van der Waals surface area (Å²) in [6, 6.07) is 16.7. The van der Waals surface area contributed by atoms with Gasteiger partial charge in [-0.2, -0.15) is 0 Å². The van der Waals surface area contributed by atoms with E-state index >= 15 is 0 Å². The lowest BCUT2D eigenvalue weighted by Gasteiger charge is -2.32. The highest BCUT2D eigenvalue weighted by Gasteiger charge is 2.22. The third-order valence-electron chi connectivity index (χ3n) is 5.25. The summed E-state index contributed by atoms with van der Waals surface area (Å²) in [4.78, 5) is 14.5. The van der Waals surface area contributed by atoms with Crippen molar-refractivity contribution in [3.63, 3.8) is 0 Å². The third kappa shape index (κ3) is 3.93. The normalized spacial score (nSPS) is 16.5. The minimum atomic E-state index is 0.182. The second-order valence-electron chi connectivity index (χ2n) is 7.06. The SMILES string of the molecule is O=C(CNc1ccc2c(c1)N[CH]N2)N1CCC(Cc2ccccc2)CC1. The third-order valence-corrected chi connectivity index (χ3v) is 5.25. The van der Waals surface area contributed by atoms with Crippen LogP contribution in [0.15, 0.2) is 48.5 Å². The average molecular weight is 349 g/mol. The number of amides is 1. The van der Waals surface area contributed by atoms with Crippen LogP contribution in [-0.4, -0.2) is 30.4 Å². The maximum atomic E-state index is 12.5. The maximum Gasteiger partial charge on any atom is 0.241 e. The summed E-state index contributed by atoms with van der Waals surface area (Å²) in [7, 11) is 0. The number of hydrogen-bond donors (Lipinski definition) is 3. The number of benzene rings is 2. The number of hydrogen-bond acceptors (Lipinski definition) is 4. The van der Waals surface area contributed by atoms with Crippen molar-refractivity contribution in [3.8, 4) is 0 Å². The van der Waals surface area contributed by atoms with Crippen LogP contribution in [-0.2, 0) is 11.2 Å². The fourth-order valence-electron chi connectivity index (χ4n) is 3.71. The standard InChI is InChI=1S/C21H25N4O/c26-21(14-22-18-6-7-19-20(13-18)24-15-23-19)25-10-8-17(9-11-25)12-16-4-2-1-3-5-16/h1-7,13,15,17,22-24H,8-12,14H2. The molecule has 4 rings (SSSR count). The number of likely N-dealkylation sites (tertiary alicyclic amines) is 1. The van der Waals surface area contributed by atoms with E-state index in [0.29, 0.717) is 12.5 Å². The molecule has 1 amide bonds. The summed E-state index contributed by atoms with van der Waals surface area (Å²) in [6.45, 7) is 3.88. The summed E-state index contributed by atoms with van der Waals surface area (Å²) < 4.78 is 0. The van der Waals surface area contributed by atoms with Crippen LogP contribution < -0.4 is 16.0 Å². The van der Waals surface area contributed by atoms with Crippen molar-refractivity contribution in [2.45, 2.75) is 19.3 Å². The van der Waals surface area contributed by atoms with E-state index in [4.69, 9.17) is 0 Å². The Hall–Kier alpha value is -2.69. The van der Waals surface area contributed by atoms with Gasteiger partial charge in [0.15, 0.2) is 0 Å². The maximum absolute atomic E-state index is 12.5. The van der Waals surface area contributed by atoms with E-state index in [9.17, 15) is 4.79 Å². The van der Waals surface area contributed by atoms with Gasteiger partial charge in [-0.1, -0.05) is 30.3 Å². The lowest BCUT2D eigenvalue weighted by atomic mass is 9.90. The molecule has 1 saturated heterocycles. The van der Waals surface area contributed by atoms with E-state index in [2.05, 4.69) is 46.3 Å². The molecule has 2 aromatic carbocycles. The molecule has 0 spiro atoms. The highest BCUT2D eigenvalue weighted by atomic mass is 16.2. The minimum Gasteiger partial charge on any atom is -0.376 e. The van der Waals surface area contributed by atoms with Gasteiger partial charge in [0, 0.05) is 18.8 Å². The van der Waals surface area contributed by atoms with E-state index in [1.54, 1.807) is 6.67 Å². The summed E-state index contributed by atoms with van der Waals surface area (Å²) in [5.41, 5.74) is 4.45. The molecular formula is C21H25N4O. The highest BCUT2D eigenvalue weighted by Crippen LogP contribution is 2.30. The molecule has 0 unspecified atom stereocenters. The zero-order valence-corrected chi connectivity index (χ0v) is 14.9. The Bertz CT molecular complexity index is 754. The van der Waals surface area contributed by atoms with Gasteiger partial charge in [0.2, 0.25) is 5.91 Å². The number of anilines is 3. The van der Waals surface area contributed by atoms with Crippen LogP contribution in [0.3, 0.4) is 0 Å². The first-order valence-corrected chi connectivity index (χ1v) is 9.32. The molecule has 5 nitrogen and oxygen atoms in total. The summed E-state index contributed by atoms with van der Waals surface area (Å²) in [6.07, 6.45) is 3.30. The topological polar surface area (TPSA) is 56.4 Å². The van der Waals surface area contributed by atoms with Crippen LogP contribution in [0.1, 0.15) is 18.4 Å². The first-order chi connectivity index (χ1) is 12.8. The smallest absolute Gasteiger partial charge is 0.241 e. The number of nitrogens with one attached hydrogen (secondary N) is 3. The molecule has 5 heteroatoms. The molecule has 0 aromatic heterocycles. The molecule has 0 aliphatic carbocycles. The van der Waals surface area contributed by atoms with Gasteiger partial charge in [-0.05, 0) is 48.9 Å². The second kappa shape index (κ2) is 7.68. The van der Waals surface area contributed by atoms with Gasteiger partial charge in [0.05, 0.1) is 17.9 Å². The predicted octanol–water partition coefficient (Wildman–Crippen LogP) is 3.54. The van der Waals surface area contributed by atoms with Crippen LogP contribution in [0.5, 0.6) is 0 Å². The number of carbonyl (C=O) groups excluding carboxylic acids is 1. The number of fused-ring (bicyclic) bond motifs is 1. The second-order valence-corrected chi connectivity index (χ2v) is 7.06. The molecule has 2 aliphatic heterocycles. The Morgan fingerprint density at radius 1 is 1.04 bits per heavy atom. The predicted molar refractivity (Wildman–Crippen MR) is 106 cm³/mol. The minimum absolute atomic E-state index is 0.182. The first kappa shape index (κ1) is 16.8. The van der Waals surface area contributed by atoms with Gasteiger partial charge in [0.25, 0.3) is 0 Å². The lowest BCUT2D eigenvalue weighted by molar-refractivity contribution is -0.130. The molecule has 2 aromatic rings. The molecule has 0 atom stereocenters. The fourth-order valence-corrected chi connectivity index (χ4v) is 3.71. The molecule has 2 heterocycles. The Labute approximate surface area is 154 Å². The van der Waals surface area contributed by atoms with Crippen molar-refractivity contribution < 1.29 is 4.79 Å². The van der Waals surface area contributed by atoms with Crippen LogP contribution in [0.4, 0.5) is 17.1 Å². The largest absolute Gasteiger partial charge is 0.376 e. The van der Waals surface area contributed by atoms with Crippen LogP contribution in [0, 0.1) is 12.6 Å². The lowest BCUT2D eigenvalue weighted by Crippen LogP contribution is -2.41. The van der Waals surface area contributed by atoms with Gasteiger partial charge in [-0.15, -0.1) is 0 Å². The number of rotatable bonds is 5. The number of piperidine rings is 1. The zero-order chi connectivity index (χ0) is 17.8. The summed E-state index contributed by atoms with van der Waals surface area (Å²) in [5.74, 6) is 0.863. The Morgan fingerprint density at radius 3 is 2.62 bits per heavy atom. The molecule has 3 N–H and O–H groups in total. The summed E-state index contributed by atoms with van der Waals surface area (Å²) >= 11 is 0. The van der Waals surface area contributed by atoms with Gasteiger partial charge in [-0.25, -0.2) is 0 Å². The van der Waals surface area contributed by atoms with E-state index < -0.39 is 0 Å². The molecule has 0 bridgehead atoms. The van der Waals surface area contributed by atoms with Gasteiger partial charge < -0.3 is 20.9 Å². The van der Waals surface area contributed by atoms with Crippen molar-refractivity contribution in [1.29, 1.82) is 0 Å². The van der Waals surface area contributed by atoms with Crippen molar-refractivity contribution >= 4 is 23.0 Å². The van der Waals surface area contributed by atoms with Gasteiger partial charge in [-0.3, -0.25) is 4.79 Å². The van der Waals surface area contributed by atoms with E-state index in [0.717, 1.165) is 49.4 Å². The van der Waals surface area contributed by atoms with Crippen molar-refractivity contribution in [2.24, 2.45) is 5.92 Å². The molecule has 2 aliphatic rings. The molecule has 1 fully saturated rings. The van der Waals surface area contributed by atoms with Crippen molar-refractivity contribution in [3.05, 3.63) is 60.8 Å². The number of nitrogens with zero attached hydrogens (tertiary/aromatic N) is 1. The molecule has 26 heavy (non-hydrogen) atoms. The molecule has 0 saturated carbocycles. The first-order valence-electron chi connectivity index (χ1n) is 9.32. The summed E-state index contributed by atoms with van der Waals surface area (Å²) in [5, 5.41) is 9.52. The van der Waals surface area contributed by atoms with Crippen LogP contribution in [0.25, 0.3) is 0 Å². The zero-order valence-electron chi connectivity index (χ0n) is 14.9. The van der Waals surface area contributed by atoms with E-state index in [-0.39, 0.29) is 5.91 Å². The fraction of sp³-hybridized carbons (Fsp3) is 0.333.